The van der Waals surface area contributed by atoms with Gasteiger partial charge in [0.1, 0.15) is 0 Å². The molecule has 0 aromatic rings. The molecule has 0 aliphatic rings. The van der Waals surface area contributed by atoms with Crippen molar-refractivity contribution in [3.05, 3.63) is 0 Å². The van der Waals surface area contributed by atoms with Crippen molar-refractivity contribution < 1.29 is 0 Å². The van der Waals surface area contributed by atoms with E-state index in [0.29, 0.717) is 0 Å². The molecule has 0 bridgehead atoms. The van der Waals surface area contributed by atoms with Crippen LogP contribution in [0.5, 0.6) is 0 Å². The quantitative estimate of drug-likeness (QED) is 0.446. The molecule has 1 atom stereocenters. The van der Waals surface area contributed by atoms with E-state index in [9.17, 15) is 0 Å². The van der Waals surface area contributed by atoms with E-state index >= 15 is 0 Å². The summed E-state index contributed by atoms with van der Waals surface area (Å²) in [6.07, 6.45) is 8.22. The summed E-state index contributed by atoms with van der Waals surface area (Å²) < 4.78 is 0. The fourth-order valence-corrected chi connectivity index (χ4v) is 2.72. The Labute approximate surface area is 123 Å². The van der Waals surface area contributed by atoms with Crippen LogP contribution in [0, 0.1) is 17.8 Å². The zero-order valence-electron chi connectivity index (χ0n) is 14.5. The van der Waals surface area contributed by atoms with E-state index in [2.05, 4.69) is 46.4 Å². The zero-order chi connectivity index (χ0) is 14.7. The second-order valence-corrected chi connectivity index (χ2v) is 7.11. The molecule has 19 heavy (non-hydrogen) atoms. The molecule has 0 heterocycles. The van der Waals surface area contributed by atoms with Gasteiger partial charge in [-0.2, -0.15) is 0 Å². The first kappa shape index (κ1) is 19.0. The Hall–Kier alpha value is -0.0400. The molecule has 0 N–H and O–H groups in total. The average molecular weight is 270 g/mol. The topological polar surface area (TPSA) is 3.24 Å². The molecule has 1 unspecified atom stereocenters. The van der Waals surface area contributed by atoms with E-state index in [1.54, 1.807) is 0 Å². The molecule has 0 saturated carbocycles. The Morgan fingerprint density at radius 1 is 0.684 bits per heavy atom. The fraction of sp³-hybridized carbons (Fsp3) is 1.00. The number of hydrogen-bond acceptors (Lipinski definition) is 1. The maximum absolute atomic E-state index is 2.72. The predicted octanol–water partition coefficient (Wildman–Crippen LogP) is 5.60. The van der Waals surface area contributed by atoms with Crippen LogP contribution in [0.15, 0.2) is 0 Å². The maximum atomic E-state index is 2.72. The smallest absolute Gasteiger partial charge is 0.000965 e. The molecule has 0 amide bonds. The van der Waals surface area contributed by atoms with Crippen molar-refractivity contribution in [1.29, 1.82) is 0 Å². The first-order valence-electron chi connectivity index (χ1n) is 8.71. The molecule has 0 aliphatic carbocycles. The van der Waals surface area contributed by atoms with E-state index in [1.165, 1.54) is 58.2 Å². The lowest BCUT2D eigenvalue weighted by Crippen LogP contribution is -2.32. The number of nitrogens with zero attached hydrogens (tertiary/aromatic N) is 1. The van der Waals surface area contributed by atoms with E-state index in [-0.39, 0.29) is 0 Å². The summed E-state index contributed by atoms with van der Waals surface area (Å²) in [5.74, 6) is 2.61. The number of hydrogen-bond donors (Lipinski definition) is 0. The van der Waals surface area contributed by atoms with E-state index < -0.39 is 0 Å². The Bertz CT molecular complexity index is 166. The summed E-state index contributed by atoms with van der Waals surface area (Å²) in [7, 11) is 0. The highest BCUT2D eigenvalue weighted by Crippen LogP contribution is 2.19. The van der Waals surface area contributed by atoms with Crippen LogP contribution in [0.2, 0.25) is 0 Å². The van der Waals surface area contributed by atoms with Gasteiger partial charge in [0, 0.05) is 6.54 Å². The molecule has 0 fully saturated rings. The van der Waals surface area contributed by atoms with Gasteiger partial charge < -0.3 is 4.90 Å². The minimum atomic E-state index is 0.833. The molecular formula is C18H39N. The van der Waals surface area contributed by atoms with Gasteiger partial charge in [-0.3, -0.25) is 0 Å². The highest BCUT2D eigenvalue weighted by molar-refractivity contribution is 4.68. The molecule has 1 nitrogen and oxygen atoms in total. The van der Waals surface area contributed by atoms with Crippen LogP contribution in [0.25, 0.3) is 0 Å². The van der Waals surface area contributed by atoms with Gasteiger partial charge in [-0.1, -0.05) is 54.4 Å². The third-order valence-corrected chi connectivity index (χ3v) is 3.93. The van der Waals surface area contributed by atoms with Gasteiger partial charge in [0.25, 0.3) is 0 Å². The fourth-order valence-electron chi connectivity index (χ4n) is 2.72. The van der Waals surface area contributed by atoms with Gasteiger partial charge in [0.05, 0.1) is 0 Å². The Balaban J connectivity index is 4.20. The lowest BCUT2D eigenvalue weighted by molar-refractivity contribution is 0.202. The molecule has 0 saturated heterocycles. The zero-order valence-corrected chi connectivity index (χ0v) is 14.5. The van der Waals surface area contributed by atoms with Gasteiger partial charge in [-0.25, -0.2) is 0 Å². The lowest BCUT2D eigenvalue weighted by atomic mass is 9.93. The first-order valence-corrected chi connectivity index (χ1v) is 8.71. The molecular weight excluding hydrogens is 230 g/mol. The van der Waals surface area contributed by atoms with Gasteiger partial charge >= 0.3 is 0 Å². The Kier molecular flexibility index (Phi) is 11.7. The van der Waals surface area contributed by atoms with Crippen molar-refractivity contribution in [3.8, 4) is 0 Å². The second kappa shape index (κ2) is 11.8. The van der Waals surface area contributed by atoms with Crippen molar-refractivity contribution >= 4 is 0 Å². The van der Waals surface area contributed by atoms with Gasteiger partial charge in [0.2, 0.25) is 0 Å². The summed E-state index contributed by atoms with van der Waals surface area (Å²) in [5, 5.41) is 0. The van der Waals surface area contributed by atoms with Crippen molar-refractivity contribution in [2.24, 2.45) is 17.8 Å². The normalized spacial score (nSPS) is 13.7. The van der Waals surface area contributed by atoms with Crippen LogP contribution >= 0.6 is 0 Å². The molecule has 0 rings (SSSR count). The molecule has 0 aromatic heterocycles. The van der Waals surface area contributed by atoms with Crippen LogP contribution in [-0.4, -0.2) is 24.5 Å². The molecule has 0 aliphatic heterocycles. The Morgan fingerprint density at radius 3 is 1.79 bits per heavy atom. The predicted molar refractivity (Wildman–Crippen MR) is 88.7 cm³/mol. The summed E-state index contributed by atoms with van der Waals surface area (Å²) in [5.41, 5.74) is 0. The third kappa shape index (κ3) is 11.5. The third-order valence-electron chi connectivity index (χ3n) is 3.93. The van der Waals surface area contributed by atoms with Crippen LogP contribution in [0.3, 0.4) is 0 Å². The molecule has 1 heteroatoms. The molecule has 116 valence electrons. The first-order chi connectivity index (χ1) is 8.99. The summed E-state index contributed by atoms with van der Waals surface area (Å²) in [6.45, 7) is 17.9. The van der Waals surface area contributed by atoms with Gasteiger partial charge in [-0.15, -0.1) is 0 Å². The minimum absolute atomic E-state index is 0.833. The van der Waals surface area contributed by atoms with Crippen LogP contribution < -0.4 is 0 Å². The summed E-state index contributed by atoms with van der Waals surface area (Å²) in [6, 6.07) is 0. The summed E-state index contributed by atoms with van der Waals surface area (Å²) >= 11 is 0. The van der Waals surface area contributed by atoms with Gasteiger partial charge in [-0.05, 0) is 56.5 Å². The van der Waals surface area contributed by atoms with Crippen molar-refractivity contribution in [2.75, 3.05) is 19.6 Å². The molecule has 0 radical (unpaired) electrons. The largest absolute Gasteiger partial charge is 0.303 e. The highest BCUT2D eigenvalue weighted by atomic mass is 15.1. The SMILES string of the molecule is CCCC(CCC(C)C)CN(CCC)CCC(C)C. The molecule has 0 aromatic carbocycles. The van der Waals surface area contributed by atoms with E-state index in [4.69, 9.17) is 0 Å². The van der Waals surface area contributed by atoms with Crippen LogP contribution in [-0.2, 0) is 0 Å². The average Bonchev–Trinajstić information content (AvgIpc) is 2.33. The van der Waals surface area contributed by atoms with Crippen LogP contribution in [0.1, 0.15) is 80.1 Å². The van der Waals surface area contributed by atoms with E-state index in [1.807, 2.05) is 0 Å². The van der Waals surface area contributed by atoms with Gasteiger partial charge in [0.15, 0.2) is 0 Å². The highest BCUT2D eigenvalue weighted by Gasteiger charge is 2.14. The number of rotatable bonds is 12. The summed E-state index contributed by atoms with van der Waals surface area (Å²) in [4.78, 5) is 2.72. The standard InChI is InChI=1S/C18H39N/c1-7-9-18(11-10-16(3)4)15-19(13-8-2)14-12-17(5)6/h16-18H,7-15H2,1-6H3. The lowest BCUT2D eigenvalue weighted by Gasteiger charge is -2.28. The minimum Gasteiger partial charge on any atom is -0.303 e. The monoisotopic (exact) mass is 269 g/mol. The van der Waals surface area contributed by atoms with Crippen molar-refractivity contribution in [3.63, 3.8) is 0 Å². The molecule has 0 spiro atoms. The second-order valence-electron chi connectivity index (χ2n) is 7.11. The van der Waals surface area contributed by atoms with Crippen LogP contribution in [0.4, 0.5) is 0 Å². The van der Waals surface area contributed by atoms with Crippen molar-refractivity contribution in [2.45, 2.75) is 80.1 Å². The van der Waals surface area contributed by atoms with Crippen molar-refractivity contribution in [1.82, 2.24) is 4.90 Å². The van der Waals surface area contributed by atoms with E-state index in [0.717, 1.165) is 17.8 Å². The maximum Gasteiger partial charge on any atom is 0.000965 e. The Morgan fingerprint density at radius 2 is 1.32 bits per heavy atom.